The Labute approximate surface area is 146 Å². The lowest BCUT2D eigenvalue weighted by Gasteiger charge is -2.40. The summed E-state index contributed by atoms with van der Waals surface area (Å²) in [5, 5.41) is 2.86. The molecule has 0 bridgehead atoms. The van der Waals surface area contributed by atoms with E-state index < -0.39 is 17.5 Å². The topological polar surface area (TPSA) is 67.3 Å². The summed E-state index contributed by atoms with van der Waals surface area (Å²) in [4.78, 5) is 21.3. The van der Waals surface area contributed by atoms with Crippen LogP contribution in [-0.4, -0.2) is 45.7 Å². The maximum absolute atomic E-state index is 13.2. The lowest BCUT2D eigenvalue weighted by molar-refractivity contribution is 0.00460. The molecule has 3 rings (SSSR count). The molecule has 1 aromatic rings. The van der Waals surface area contributed by atoms with Crippen LogP contribution in [0.4, 0.5) is 19.5 Å². The fraction of sp³-hybridized carbons (Fsp3) is 0.706. The molecule has 2 fully saturated rings. The van der Waals surface area contributed by atoms with Gasteiger partial charge in [0.1, 0.15) is 5.60 Å². The fourth-order valence-corrected chi connectivity index (χ4v) is 3.30. The largest absolute Gasteiger partial charge is 0.444 e. The highest BCUT2D eigenvalue weighted by atomic mass is 19.1. The molecule has 6 nitrogen and oxygen atoms in total. The predicted octanol–water partition coefficient (Wildman–Crippen LogP) is 3.35. The predicted molar refractivity (Wildman–Crippen MR) is 88.1 cm³/mol. The van der Waals surface area contributed by atoms with Gasteiger partial charge in [0.05, 0.1) is 6.04 Å². The normalized spacial score (nSPS) is 22.0. The van der Waals surface area contributed by atoms with Gasteiger partial charge in [-0.05, 0) is 51.9 Å². The van der Waals surface area contributed by atoms with Crippen molar-refractivity contribution in [3.05, 3.63) is 18.0 Å². The number of amides is 1. The number of halogens is 2. The second-order valence-electron chi connectivity index (χ2n) is 8.00. The van der Waals surface area contributed by atoms with Crippen LogP contribution in [0.15, 0.2) is 6.07 Å². The Hall–Kier alpha value is -1.99. The zero-order chi connectivity index (χ0) is 18.2. The number of nitrogens with one attached hydrogen (secondary N) is 1. The molecule has 138 valence electrons. The molecule has 1 spiro atoms. The first-order valence-corrected chi connectivity index (χ1v) is 8.59. The number of aromatic nitrogens is 2. The summed E-state index contributed by atoms with van der Waals surface area (Å²) in [7, 11) is 0. The molecule has 25 heavy (non-hydrogen) atoms. The molecule has 2 aliphatic rings. The van der Waals surface area contributed by atoms with Crippen LogP contribution < -0.4 is 5.32 Å². The molecule has 1 aliphatic carbocycles. The lowest BCUT2D eigenvalue weighted by atomic mass is 9.88. The molecule has 1 saturated heterocycles. The number of nitrogens with zero attached hydrogens (tertiary/aromatic N) is 3. The summed E-state index contributed by atoms with van der Waals surface area (Å²) in [5.74, 6) is -1.97. The highest BCUT2D eigenvalue weighted by Gasteiger charge is 2.49. The van der Waals surface area contributed by atoms with Crippen molar-refractivity contribution in [2.45, 2.75) is 58.1 Å². The molecule has 0 aromatic carbocycles. The average molecular weight is 354 g/mol. The van der Waals surface area contributed by atoms with Crippen molar-refractivity contribution in [3.8, 4) is 0 Å². The van der Waals surface area contributed by atoms with Crippen LogP contribution in [0.3, 0.4) is 0 Å². The Morgan fingerprint density at radius 1 is 1.32 bits per heavy atom. The number of carbonyl (C=O) groups is 1. The molecule has 8 heteroatoms. The van der Waals surface area contributed by atoms with Crippen molar-refractivity contribution in [1.82, 2.24) is 14.9 Å². The van der Waals surface area contributed by atoms with E-state index in [-0.39, 0.29) is 18.1 Å². The summed E-state index contributed by atoms with van der Waals surface area (Å²) in [5.41, 5.74) is -0.266. The maximum Gasteiger partial charge on any atom is 0.410 e. The molecule has 0 radical (unpaired) electrons. The molecule has 1 amide bonds. The molecule has 1 aromatic heterocycles. The van der Waals surface area contributed by atoms with E-state index in [1.54, 1.807) is 4.90 Å². The standard InChI is InChI=1S/C17H24F2N4O2/c1-16(2,3)25-15(24)23-7-6-17(4-5-17)9-11(23)10-20-14-21-12(18)8-13(19)22-14/h8,11H,4-7,9-10H2,1-3H3,(H,20,21,22). The van der Waals surface area contributed by atoms with Gasteiger partial charge in [0.25, 0.3) is 0 Å². The van der Waals surface area contributed by atoms with E-state index in [1.807, 2.05) is 20.8 Å². The van der Waals surface area contributed by atoms with E-state index in [0.29, 0.717) is 24.6 Å². The number of hydrogen-bond donors (Lipinski definition) is 1. The van der Waals surface area contributed by atoms with E-state index in [4.69, 9.17) is 4.74 Å². The van der Waals surface area contributed by atoms with Crippen molar-refractivity contribution < 1.29 is 18.3 Å². The van der Waals surface area contributed by atoms with E-state index >= 15 is 0 Å². The van der Waals surface area contributed by atoms with Crippen molar-refractivity contribution >= 4 is 12.0 Å². The fourth-order valence-electron chi connectivity index (χ4n) is 3.30. The number of hydrogen-bond acceptors (Lipinski definition) is 5. The van der Waals surface area contributed by atoms with Crippen LogP contribution >= 0.6 is 0 Å². The van der Waals surface area contributed by atoms with Crippen LogP contribution in [0.2, 0.25) is 0 Å². The highest BCUT2D eigenvalue weighted by Crippen LogP contribution is 2.55. The number of rotatable bonds is 3. The van der Waals surface area contributed by atoms with E-state index in [1.165, 1.54) is 0 Å². The molecular formula is C17H24F2N4O2. The Morgan fingerprint density at radius 2 is 1.96 bits per heavy atom. The minimum absolute atomic E-state index is 0.114. The summed E-state index contributed by atoms with van der Waals surface area (Å²) >= 11 is 0. The number of carbonyl (C=O) groups excluding carboxylic acids is 1. The first kappa shape index (κ1) is 17.8. The Morgan fingerprint density at radius 3 is 2.52 bits per heavy atom. The van der Waals surface area contributed by atoms with E-state index in [9.17, 15) is 13.6 Å². The van der Waals surface area contributed by atoms with Gasteiger partial charge in [-0.3, -0.25) is 0 Å². The summed E-state index contributed by atoms with van der Waals surface area (Å²) < 4.78 is 31.9. The van der Waals surface area contributed by atoms with Crippen molar-refractivity contribution in [2.24, 2.45) is 5.41 Å². The van der Waals surface area contributed by atoms with E-state index in [2.05, 4.69) is 15.3 Å². The number of likely N-dealkylation sites (tertiary alicyclic amines) is 1. The van der Waals surface area contributed by atoms with E-state index in [0.717, 1.165) is 25.7 Å². The van der Waals surface area contributed by atoms with Crippen molar-refractivity contribution in [2.75, 3.05) is 18.4 Å². The first-order valence-electron chi connectivity index (χ1n) is 8.59. The lowest BCUT2D eigenvalue weighted by Crippen LogP contribution is -2.51. The van der Waals surface area contributed by atoms with Crippen LogP contribution in [-0.2, 0) is 4.74 Å². The monoisotopic (exact) mass is 354 g/mol. The van der Waals surface area contributed by atoms with Gasteiger partial charge in [-0.25, -0.2) is 4.79 Å². The Balaban J connectivity index is 1.68. The SMILES string of the molecule is CC(C)(C)OC(=O)N1CCC2(CC2)CC1CNc1nc(F)cc(F)n1. The highest BCUT2D eigenvalue weighted by molar-refractivity contribution is 5.69. The minimum Gasteiger partial charge on any atom is -0.444 e. The first-order chi connectivity index (χ1) is 11.7. The molecule has 1 aliphatic heterocycles. The van der Waals surface area contributed by atoms with Gasteiger partial charge >= 0.3 is 6.09 Å². The van der Waals surface area contributed by atoms with Gasteiger partial charge in [-0.2, -0.15) is 18.7 Å². The van der Waals surface area contributed by atoms with Crippen LogP contribution in [0, 0.1) is 17.3 Å². The second kappa shape index (κ2) is 6.38. The summed E-state index contributed by atoms with van der Waals surface area (Å²) in [6.07, 6.45) is 3.78. The molecular weight excluding hydrogens is 330 g/mol. The smallest absolute Gasteiger partial charge is 0.410 e. The maximum atomic E-state index is 13.2. The van der Waals surface area contributed by atoms with Crippen LogP contribution in [0.1, 0.15) is 46.5 Å². The third kappa shape index (κ3) is 4.55. The second-order valence-corrected chi connectivity index (χ2v) is 8.00. The minimum atomic E-state index is -0.929. The number of anilines is 1. The van der Waals surface area contributed by atoms with Gasteiger partial charge in [-0.15, -0.1) is 0 Å². The quantitative estimate of drug-likeness (QED) is 0.843. The zero-order valence-corrected chi connectivity index (χ0v) is 14.8. The third-order valence-corrected chi connectivity index (χ3v) is 4.74. The Kier molecular flexibility index (Phi) is 4.55. The average Bonchev–Trinajstić information content (AvgIpc) is 3.21. The van der Waals surface area contributed by atoms with Gasteiger partial charge in [0.15, 0.2) is 0 Å². The number of piperidine rings is 1. The molecule has 1 unspecified atom stereocenters. The summed E-state index contributed by atoms with van der Waals surface area (Å²) in [6.45, 7) is 6.43. The number of ether oxygens (including phenoxy) is 1. The summed E-state index contributed by atoms with van der Waals surface area (Å²) in [6, 6.07) is 0.499. The molecule has 1 atom stereocenters. The Bertz CT molecular complexity index is 638. The van der Waals surface area contributed by atoms with Crippen LogP contribution in [0.25, 0.3) is 0 Å². The van der Waals surface area contributed by atoms with Gasteiger partial charge in [-0.1, -0.05) is 0 Å². The van der Waals surface area contributed by atoms with Crippen molar-refractivity contribution in [3.63, 3.8) is 0 Å². The van der Waals surface area contributed by atoms with Gasteiger partial charge < -0.3 is 15.0 Å². The molecule has 1 saturated carbocycles. The zero-order valence-electron chi connectivity index (χ0n) is 14.8. The van der Waals surface area contributed by atoms with Crippen molar-refractivity contribution in [1.29, 1.82) is 0 Å². The molecule has 1 N–H and O–H groups in total. The van der Waals surface area contributed by atoms with Gasteiger partial charge in [0.2, 0.25) is 17.8 Å². The van der Waals surface area contributed by atoms with Gasteiger partial charge in [0, 0.05) is 19.2 Å². The molecule has 2 heterocycles. The third-order valence-electron chi connectivity index (χ3n) is 4.74. The van der Waals surface area contributed by atoms with Crippen LogP contribution in [0.5, 0.6) is 0 Å².